The number of hydrogen-bond acceptors (Lipinski definition) is 10. The van der Waals surface area contributed by atoms with Crippen molar-refractivity contribution in [2.75, 3.05) is 39.4 Å². The first-order valence-electron chi connectivity index (χ1n) is 26.4. The van der Waals surface area contributed by atoms with E-state index in [2.05, 4.69) is 21.3 Å². The highest BCUT2D eigenvalue weighted by Crippen LogP contribution is 2.45. The van der Waals surface area contributed by atoms with E-state index in [9.17, 15) is 24.0 Å². The van der Waals surface area contributed by atoms with Crippen LogP contribution in [0.3, 0.4) is 0 Å². The molecule has 0 radical (unpaired) electrons. The summed E-state index contributed by atoms with van der Waals surface area (Å²) in [6, 6.07) is 50.3. The number of ether oxygens (including phenoxy) is 3. The van der Waals surface area contributed by atoms with Crippen LogP contribution in [0.2, 0.25) is 0 Å². The summed E-state index contributed by atoms with van der Waals surface area (Å²) in [5.41, 5.74) is 7.34. The van der Waals surface area contributed by atoms with Crippen molar-refractivity contribution in [1.82, 2.24) is 26.2 Å². The Morgan fingerprint density at radius 1 is 0.618 bits per heavy atom. The molecule has 3 atom stereocenters. The zero-order chi connectivity index (χ0) is 53.3. The van der Waals surface area contributed by atoms with Crippen molar-refractivity contribution in [3.05, 3.63) is 203 Å². The molecule has 4 amide bonds. The summed E-state index contributed by atoms with van der Waals surface area (Å²) in [5.74, 6) is -2.50. The summed E-state index contributed by atoms with van der Waals surface area (Å²) < 4.78 is 17.9. The number of alkyl carbamates (subject to hydrolysis) is 1. The summed E-state index contributed by atoms with van der Waals surface area (Å²) in [6.45, 7) is 3.84. The van der Waals surface area contributed by atoms with Gasteiger partial charge in [0, 0.05) is 35.7 Å². The second-order valence-corrected chi connectivity index (χ2v) is 19.2. The van der Waals surface area contributed by atoms with E-state index >= 15 is 4.79 Å². The number of esters is 2. The maximum atomic E-state index is 15.0. The minimum atomic E-state index is -1.34. The first-order chi connectivity index (χ1) is 37.0. The number of aryl methyl sites for hydroxylation is 2. The molecular weight excluding hydrogens is 959 g/mol. The van der Waals surface area contributed by atoms with Crippen LogP contribution in [0.25, 0.3) is 11.1 Å². The van der Waals surface area contributed by atoms with Gasteiger partial charge < -0.3 is 35.1 Å². The van der Waals surface area contributed by atoms with Crippen LogP contribution in [-0.2, 0) is 50.2 Å². The molecule has 2 aliphatic rings. The first kappa shape index (κ1) is 54.2. The molecule has 1 saturated heterocycles. The Bertz CT molecular complexity index is 2830. The van der Waals surface area contributed by atoms with Crippen molar-refractivity contribution in [1.29, 1.82) is 0 Å². The first-order valence-corrected chi connectivity index (χ1v) is 26.4. The lowest BCUT2D eigenvalue weighted by Gasteiger charge is -2.37. The predicted octanol–water partition coefficient (Wildman–Crippen LogP) is 8.29. The van der Waals surface area contributed by atoms with E-state index in [0.29, 0.717) is 45.1 Å². The number of carbonyl (C=O) groups excluding carboxylic acids is 6. The van der Waals surface area contributed by atoms with Crippen LogP contribution in [0, 0.1) is 6.92 Å². The summed E-state index contributed by atoms with van der Waals surface area (Å²) in [4.78, 5) is 83.3. The second-order valence-electron chi connectivity index (χ2n) is 19.2. The number of unbranched alkanes of at least 4 members (excludes halogenated alkanes) is 1. The highest BCUT2D eigenvalue weighted by Gasteiger charge is 2.46. The van der Waals surface area contributed by atoms with Crippen LogP contribution in [0.1, 0.15) is 90.3 Å². The third kappa shape index (κ3) is 13.4. The molecule has 6 aromatic carbocycles. The Balaban J connectivity index is 0.887. The van der Waals surface area contributed by atoms with E-state index in [1.165, 1.54) is 0 Å². The second kappa shape index (κ2) is 26.4. The standard InChI is InChI=1S/C62H67N5O9/c1-3-74-59(71)54(37-34-44-20-7-4-8-21-44)66-53(30-17-18-38-63-56(68)40-64-57(69)41-65-61(73)75-42-52-50-28-15-13-26-48(50)49-27-14-16-29-51(49)52)58(70)67-39-19-31-55(67)60(72)76-62(45-22-9-5-10-23-45,46-24-11-6-12-25-46)47-35-32-43(2)33-36-47/h4-16,20-29,32-33,35-36,52-55,66H,3,17-19,30-31,34,37-42H2,1-2H3,(H,63,68)(H,64,69)(H,65,73)/t53-,54?,55-/m0/s1. The largest absolute Gasteiger partial charge is 0.465 e. The van der Waals surface area contributed by atoms with Crippen LogP contribution in [0.4, 0.5) is 4.79 Å². The number of nitrogens with zero attached hydrogens (tertiary/aromatic N) is 1. The summed E-state index contributed by atoms with van der Waals surface area (Å²) in [6.07, 6.45) is 2.29. The van der Waals surface area contributed by atoms with Gasteiger partial charge in [-0.25, -0.2) is 9.59 Å². The summed E-state index contributed by atoms with van der Waals surface area (Å²) in [7, 11) is 0. The number of nitrogens with one attached hydrogen (secondary N) is 4. The Labute approximate surface area is 444 Å². The number of hydrogen-bond donors (Lipinski definition) is 4. The van der Waals surface area contributed by atoms with Gasteiger partial charge in [0.2, 0.25) is 17.7 Å². The predicted molar refractivity (Wildman–Crippen MR) is 290 cm³/mol. The van der Waals surface area contributed by atoms with Crippen LogP contribution >= 0.6 is 0 Å². The Kier molecular flexibility index (Phi) is 18.8. The third-order valence-electron chi connectivity index (χ3n) is 14.1. The quantitative estimate of drug-likeness (QED) is 0.0199. The van der Waals surface area contributed by atoms with Crippen molar-refractivity contribution in [3.63, 3.8) is 0 Å². The van der Waals surface area contributed by atoms with Crippen molar-refractivity contribution in [3.8, 4) is 11.1 Å². The molecule has 0 aromatic heterocycles. The average Bonchev–Trinajstić information content (AvgIpc) is 4.09. The number of likely N-dealkylation sites (tertiary alicyclic amines) is 1. The van der Waals surface area contributed by atoms with Gasteiger partial charge in [-0.15, -0.1) is 0 Å². The van der Waals surface area contributed by atoms with Crippen molar-refractivity contribution in [2.24, 2.45) is 0 Å². The topological polar surface area (TPSA) is 181 Å². The molecule has 4 N–H and O–H groups in total. The zero-order valence-corrected chi connectivity index (χ0v) is 43.2. The molecule has 14 heteroatoms. The molecule has 1 heterocycles. The molecule has 0 bridgehead atoms. The number of carbonyl (C=O) groups is 6. The lowest BCUT2D eigenvalue weighted by atomic mass is 9.79. The molecule has 1 aliphatic carbocycles. The normalized spacial score (nSPS) is 14.6. The highest BCUT2D eigenvalue weighted by atomic mass is 16.6. The molecule has 6 aromatic rings. The fourth-order valence-corrected chi connectivity index (χ4v) is 10.3. The molecule has 1 fully saturated rings. The summed E-state index contributed by atoms with van der Waals surface area (Å²) >= 11 is 0. The van der Waals surface area contributed by atoms with Gasteiger partial charge in [0.25, 0.3) is 0 Å². The van der Waals surface area contributed by atoms with Gasteiger partial charge in [0.15, 0.2) is 5.60 Å². The van der Waals surface area contributed by atoms with Crippen LogP contribution < -0.4 is 21.3 Å². The number of rotatable bonds is 24. The van der Waals surface area contributed by atoms with E-state index < -0.39 is 53.6 Å². The van der Waals surface area contributed by atoms with E-state index in [-0.39, 0.29) is 51.1 Å². The Morgan fingerprint density at radius 3 is 1.82 bits per heavy atom. The van der Waals surface area contributed by atoms with Gasteiger partial charge in [-0.1, -0.05) is 169 Å². The SMILES string of the molecule is CCOC(=O)C(CCc1ccccc1)N[C@@H](CCCCNC(=O)CNC(=O)CNC(=O)OCC1c2ccccc2-c2ccccc21)C(=O)N1CCC[C@H]1C(=O)OC(c1ccccc1)(c1ccccc1)c1ccc(C)cc1. The number of fused-ring (bicyclic) bond motifs is 3. The molecule has 14 nitrogen and oxygen atoms in total. The lowest BCUT2D eigenvalue weighted by molar-refractivity contribution is -0.162. The van der Waals surface area contributed by atoms with E-state index in [0.717, 1.165) is 50.1 Å². The van der Waals surface area contributed by atoms with E-state index in [1.54, 1.807) is 11.8 Å². The maximum Gasteiger partial charge on any atom is 0.407 e. The minimum Gasteiger partial charge on any atom is -0.465 e. The fraction of sp³-hybridized carbons (Fsp3) is 0.323. The maximum absolute atomic E-state index is 15.0. The molecule has 76 heavy (non-hydrogen) atoms. The van der Waals surface area contributed by atoms with Crippen molar-refractivity contribution < 1.29 is 43.0 Å². The van der Waals surface area contributed by atoms with Gasteiger partial charge in [-0.05, 0) is 86.6 Å². The van der Waals surface area contributed by atoms with Crippen molar-refractivity contribution >= 4 is 35.8 Å². The molecule has 1 unspecified atom stereocenters. The molecule has 394 valence electrons. The zero-order valence-electron chi connectivity index (χ0n) is 43.2. The molecule has 0 saturated carbocycles. The van der Waals surface area contributed by atoms with Gasteiger partial charge in [0.05, 0.1) is 19.2 Å². The van der Waals surface area contributed by atoms with E-state index in [4.69, 9.17) is 14.2 Å². The van der Waals surface area contributed by atoms with E-state index in [1.807, 2.05) is 171 Å². The Morgan fingerprint density at radius 2 is 1.18 bits per heavy atom. The van der Waals surface area contributed by atoms with Crippen molar-refractivity contribution in [2.45, 2.75) is 88.4 Å². The molecule has 1 aliphatic heterocycles. The molecular formula is C62H67N5O9. The monoisotopic (exact) mass is 1030 g/mol. The lowest BCUT2D eigenvalue weighted by Crippen LogP contribution is -2.55. The highest BCUT2D eigenvalue weighted by molar-refractivity contribution is 5.90. The van der Waals surface area contributed by atoms with Gasteiger partial charge in [0.1, 0.15) is 25.2 Å². The number of amides is 4. The third-order valence-corrected chi connectivity index (χ3v) is 14.1. The fourth-order valence-electron chi connectivity index (χ4n) is 10.3. The average molecular weight is 1030 g/mol. The number of benzene rings is 6. The van der Waals surface area contributed by atoms with Gasteiger partial charge >= 0.3 is 18.0 Å². The van der Waals surface area contributed by atoms with Gasteiger partial charge in [-0.2, -0.15) is 0 Å². The molecule has 8 rings (SSSR count). The van der Waals surface area contributed by atoms with Crippen LogP contribution in [0.15, 0.2) is 164 Å². The Hall–Kier alpha value is -8.10. The smallest absolute Gasteiger partial charge is 0.407 e. The van der Waals surface area contributed by atoms with Crippen LogP contribution in [-0.4, -0.2) is 98.2 Å². The van der Waals surface area contributed by atoms with Gasteiger partial charge in [-0.3, -0.25) is 24.5 Å². The molecule has 0 spiro atoms. The minimum absolute atomic E-state index is 0.0996. The summed E-state index contributed by atoms with van der Waals surface area (Å²) in [5, 5.41) is 11.2. The van der Waals surface area contributed by atoms with Crippen LogP contribution in [0.5, 0.6) is 0 Å².